The van der Waals surface area contributed by atoms with E-state index in [0.29, 0.717) is 62.3 Å². The molecular formula is C61H76N10O4. The molecule has 4 bridgehead atoms. The summed E-state index contributed by atoms with van der Waals surface area (Å²) >= 11 is 0. The molecule has 7 atom stereocenters. The lowest BCUT2D eigenvalue weighted by atomic mass is 9.94. The molecule has 394 valence electrons. The van der Waals surface area contributed by atoms with Gasteiger partial charge in [-0.25, -0.2) is 9.97 Å². The number of rotatable bonds is 15. The minimum absolute atomic E-state index is 0.0170. The summed E-state index contributed by atoms with van der Waals surface area (Å²) in [5.41, 5.74) is 6.97. The fraction of sp³-hybridized carbons (Fsp3) is 0.508. The molecule has 0 spiro atoms. The van der Waals surface area contributed by atoms with E-state index in [2.05, 4.69) is 116 Å². The van der Waals surface area contributed by atoms with Gasteiger partial charge in [0.15, 0.2) is 0 Å². The first-order chi connectivity index (χ1) is 36.5. The van der Waals surface area contributed by atoms with E-state index in [0.717, 1.165) is 91.8 Å². The lowest BCUT2D eigenvalue weighted by molar-refractivity contribution is -0.146. The molecule has 4 amide bonds. The molecule has 4 aromatic carbocycles. The van der Waals surface area contributed by atoms with Gasteiger partial charge < -0.3 is 29.6 Å². The topological polar surface area (TPSA) is 141 Å². The Hall–Kier alpha value is -6.38. The smallest absolute Gasteiger partial charge is 0.243 e. The third-order valence-corrected chi connectivity index (χ3v) is 18.0. The summed E-state index contributed by atoms with van der Waals surface area (Å²) in [6.07, 6.45) is 12.6. The molecular weight excluding hydrogens is 937 g/mol. The number of imidazole rings is 2. The molecule has 6 fully saturated rings. The van der Waals surface area contributed by atoms with Crippen molar-refractivity contribution in [3.8, 4) is 0 Å². The highest BCUT2D eigenvalue weighted by atomic mass is 16.2. The van der Waals surface area contributed by atoms with E-state index in [1.54, 1.807) is 16.7 Å². The van der Waals surface area contributed by atoms with E-state index in [-0.39, 0.29) is 47.7 Å². The quantitative estimate of drug-likeness (QED) is 0.104. The largest absolute Gasteiger partial charge is 0.349 e. The number of carbonyl (C=O) groups is 4. The van der Waals surface area contributed by atoms with Gasteiger partial charge >= 0.3 is 0 Å². The first kappa shape index (κ1) is 50.8. The van der Waals surface area contributed by atoms with E-state index in [9.17, 15) is 19.2 Å². The minimum Gasteiger partial charge on any atom is -0.349 e. The zero-order valence-electron chi connectivity index (χ0n) is 44.4. The number of hydrogen-bond acceptors (Lipinski definition) is 8. The van der Waals surface area contributed by atoms with Gasteiger partial charge in [-0.15, -0.1) is 0 Å². The van der Waals surface area contributed by atoms with Crippen molar-refractivity contribution >= 4 is 45.7 Å². The Morgan fingerprint density at radius 2 is 0.987 bits per heavy atom. The van der Waals surface area contributed by atoms with Crippen LogP contribution in [0.25, 0.3) is 22.1 Å². The number of fused-ring (bicyclic) bond motifs is 6. The van der Waals surface area contributed by atoms with Crippen LogP contribution >= 0.6 is 0 Å². The Morgan fingerprint density at radius 3 is 1.40 bits per heavy atom. The van der Waals surface area contributed by atoms with Crippen molar-refractivity contribution in [3.63, 3.8) is 0 Å². The normalized spacial score (nSPS) is 25.3. The van der Waals surface area contributed by atoms with Crippen LogP contribution in [0.1, 0.15) is 138 Å². The van der Waals surface area contributed by atoms with Gasteiger partial charge in [0.25, 0.3) is 0 Å². The number of amides is 4. The van der Waals surface area contributed by atoms with Crippen LogP contribution in [-0.2, 0) is 19.2 Å². The van der Waals surface area contributed by atoms with Gasteiger partial charge in [-0.05, 0) is 120 Å². The average molecular weight is 1010 g/mol. The molecule has 2 N–H and O–H groups in total. The maximum absolute atomic E-state index is 13.1. The summed E-state index contributed by atoms with van der Waals surface area (Å²) < 4.78 is 4.96. The molecule has 6 saturated heterocycles. The lowest BCUT2D eigenvalue weighted by Gasteiger charge is -2.41. The van der Waals surface area contributed by atoms with Crippen LogP contribution < -0.4 is 10.6 Å². The summed E-state index contributed by atoms with van der Waals surface area (Å²) in [5.74, 6) is 2.28. The number of likely N-dealkylation sites (tertiary alicyclic amines) is 2. The molecule has 0 aliphatic carbocycles. The summed E-state index contributed by atoms with van der Waals surface area (Å²) in [4.78, 5) is 68.5. The Balaban J connectivity index is 0.000000161. The van der Waals surface area contributed by atoms with Gasteiger partial charge in [-0.2, -0.15) is 0 Å². The fourth-order valence-electron chi connectivity index (χ4n) is 14.1. The molecule has 5 unspecified atom stereocenters. The minimum atomic E-state index is -0.330. The van der Waals surface area contributed by atoms with Crippen LogP contribution in [0.5, 0.6) is 0 Å². The molecule has 6 aliphatic rings. The second kappa shape index (κ2) is 22.1. The second-order valence-electron chi connectivity index (χ2n) is 22.4. The third kappa shape index (κ3) is 10.5. The summed E-state index contributed by atoms with van der Waals surface area (Å²) in [5, 5.41) is 6.64. The zero-order valence-corrected chi connectivity index (χ0v) is 44.4. The summed E-state index contributed by atoms with van der Waals surface area (Å²) in [6, 6.07) is 40.5. The van der Waals surface area contributed by atoms with Gasteiger partial charge in [0.1, 0.15) is 17.7 Å². The van der Waals surface area contributed by atoms with Gasteiger partial charge in [-0.1, -0.05) is 91.9 Å². The molecule has 12 rings (SSSR count). The predicted molar refractivity (Wildman–Crippen MR) is 293 cm³/mol. The summed E-state index contributed by atoms with van der Waals surface area (Å²) in [6.45, 7) is 11.4. The van der Waals surface area contributed by atoms with E-state index < -0.39 is 0 Å². The van der Waals surface area contributed by atoms with Crippen LogP contribution in [0.2, 0.25) is 0 Å². The number of piperidine rings is 2. The molecule has 6 aromatic rings. The van der Waals surface area contributed by atoms with Crippen LogP contribution in [0.3, 0.4) is 0 Å². The van der Waals surface area contributed by atoms with E-state index >= 15 is 0 Å². The van der Waals surface area contributed by atoms with Crippen LogP contribution in [-0.4, -0.2) is 125 Å². The fourth-order valence-corrected chi connectivity index (χ4v) is 14.1. The van der Waals surface area contributed by atoms with Crippen molar-refractivity contribution < 1.29 is 19.2 Å². The number of nitrogens with zero attached hydrogens (tertiary/aromatic N) is 8. The molecule has 0 radical (unpaired) electrons. The first-order valence-corrected chi connectivity index (χ1v) is 28.2. The molecule has 8 heterocycles. The standard InChI is InChI=1S/C31H39N5O2.C30H37N5O2/c1-3-30(37)34-19-23(20-34)31(38)33-27(22-9-5-4-6-10-22)15-16-35-24-13-14-25(35)18-26(17-24)36-21(2)32-28-11-7-8-12-29(28)36;1-20-31-27-10-6-7-11-28(27)35(20)25-18-23-12-13-24(19-25)34(23)16-14-26(22-8-4-3-5-9-22)32-30(37)29-15-17-33(29)21(2)36/h4-12,23-27H,3,13-20H2,1-2H3,(H,33,38);3-11,23-26,29H,12-19H2,1-2H3,(H,32,37)/t24?,25?,26?,27-;23?,24?,25?,26-,29?/m00/s1. The highest BCUT2D eigenvalue weighted by Gasteiger charge is 2.44. The SMILES string of the molecule is CC(=O)N1CCC1C(=O)N[C@@H](CCN1C2CCC1CC(n1c(C)nc3ccccc31)C2)c1ccccc1.CCC(=O)N1CC(C(=O)N[C@@H](CCN2C3CCC2CC(n2c(C)nc4ccccc42)C3)c2ccccc2)C1. The van der Waals surface area contributed by atoms with E-state index in [1.807, 2.05) is 43.3 Å². The predicted octanol–water partition coefficient (Wildman–Crippen LogP) is 9.01. The highest BCUT2D eigenvalue weighted by Crippen LogP contribution is 2.44. The molecule has 6 aliphatic heterocycles. The first-order valence-electron chi connectivity index (χ1n) is 28.2. The molecule has 14 heteroatoms. The van der Waals surface area contributed by atoms with Gasteiger partial charge in [0.2, 0.25) is 23.6 Å². The molecule has 2 aromatic heterocycles. The lowest BCUT2D eigenvalue weighted by Crippen LogP contribution is -2.58. The third-order valence-electron chi connectivity index (χ3n) is 18.0. The molecule has 75 heavy (non-hydrogen) atoms. The zero-order chi connectivity index (χ0) is 51.7. The number of benzene rings is 4. The van der Waals surface area contributed by atoms with Crippen molar-refractivity contribution in [1.29, 1.82) is 0 Å². The number of carbonyl (C=O) groups excluding carboxylic acids is 4. The Morgan fingerprint density at radius 1 is 0.560 bits per heavy atom. The number of para-hydroxylation sites is 4. The Bertz CT molecular complexity index is 2960. The van der Waals surface area contributed by atoms with Crippen LogP contribution in [0.4, 0.5) is 0 Å². The van der Waals surface area contributed by atoms with Gasteiger partial charge in [-0.3, -0.25) is 29.0 Å². The summed E-state index contributed by atoms with van der Waals surface area (Å²) in [7, 11) is 0. The maximum Gasteiger partial charge on any atom is 0.243 e. The molecule has 0 saturated carbocycles. The van der Waals surface area contributed by atoms with Crippen LogP contribution in [0.15, 0.2) is 109 Å². The Labute approximate surface area is 442 Å². The van der Waals surface area contributed by atoms with Crippen molar-refractivity contribution in [2.24, 2.45) is 5.92 Å². The number of aromatic nitrogens is 4. The van der Waals surface area contributed by atoms with Gasteiger partial charge in [0.05, 0.1) is 40.1 Å². The van der Waals surface area contributed by atoms with Crippen molar-refractivity contribution in [1.82, 2.24) is 49.3 Å². The van der Waals surface area contributed by atoms with Crippen molar-refractivity contribution in [3.05, 3.63) is 132 Å². The van der Waals surface area contributed by atoms with E-state index in [1.165, 1.54) is 36.7 Å². The number of aryl methyl sites for hydroxylation is 2. The van der Waals surface area contributed by atoms with Gasteiger partial charge in [0, 0.05) is 82.3 Å². The maximum atomic E-state index is 13.1. The number of nitrogens with one attached hydrogen (secondary N) is 2. The molecule has 14 nitrogen and oxygen atoms in total. The Kier molecular flexibility index (Phi) is 14.9. The van der Waals surface area contributed by atoms with E-state index in [4.69, 9.17) is 9.97 Å². The van der Waals surface area contributed by atoms with Crippen LogP contribution in [0, 0.1) is 19.8 Å². The second-order valence-corrected chi connectivity index (χ2v) is 22.4. The van der Waals surface area contributed by atoms with Crippen molar-refractivity contribution in [2.45, 2.75) is 159 Å². The highest BCUT2D eigenvalue weighted by molar-refractivity contribution is 5.89. The number of hydrogen-bond donors (Lipinski definition) is 2. The average Bonchev–Trinajstić information content (AvgIpc) is 4.07. The monoisotopic (exact) mass is 1010 g/mol. The van der Waals surface area contributed by atoms with Crippen molar-refractivity contribution in [2.75, 3.05) is 32.7 Å².